The fourth-order valence-corrected chi connectivity index (χ4v) is 4.02. The van der Waals surface area contributed by atoms with Crippen LogP contribution in [0.5, 0.6) is 0 Å². The predicted molar refractivity (Wildman–Crippen MR) is 88.1 cm³/mol. The summed E-state index contributed by atoms with van der Waals surface area (Å²) in [6, 6.07) is 2.91. The van der Waals surface area contributed by atoms with Crippen molar-refractivity contribution in [2.75, 3.05) is 26.2 Å². The molecule has 2 fully saturated rings. The third kappa shape index (κ3) is 3.71. The Morgan fingerprint density at radius 3 is 2.64 bits per heavy atom. The molecule has 2 aliphatic rings. The second kappa shape index (κ2) is 7.30. The van der Waals surface area contributed by atoms with Crippen LogP contribution in [0, 0.1) is 11.8 Å². The van der Waals surface area contributed by atoms with E-state index in [0.717, 1.165) is 31.1 Å². The lowest BCUT2D eigenvalue weighted by molar-refractivity contribution is -0.130. The van der Waals surface area contributed by atoms with Gasteiger partial charge in [0.25, 0.3) is 0 Å². The van der Waals surface area contributed by atoms with E-state index in [9.17, 15) is 9.59 Å². The summed E-state index contributed by atoms with van der Waals surface area (Å²) in [5.74, 6) is 1.26. The van der Waals surface area contributed by atoms with Crippen molar-refractivity contribution in [3.05, 3.63) is 22.4 Å². The molecule has 0 radical (unpaired) electrons. The van der Waals surface area contributed by atoms with Crippen LogP contribution in [0.4, 0.5) is 4.79 Å². The van der Waals surface area contributed by atoms with E-state index in [4.69, 9.17) is 5.73 Å². The van der Waals surface area contributed by atoms with Gasteiger partial charge in [0.1, 0.15) is 0 Å². The largest absolute Gasteiger partial charge is 0.352 e. The van der Waals surface area contributed by atoms with E-state index in [1.165, 1.54) is 11.3 Å². The number of likely N-dealkylation sites (tertiary alicyclic amines) is 1. The number of urea groups is 1. The molecule has 3 heterocycles. The zero-order valence-electron chi connectivity index (χ0n) is 12.2. The van der Waals surface area contributed by atoms with Crippen molar-refractivity contribution in [3.8, 4) is 0 Å². The first kappa shape index (κ1) is 17.1. The molecular weight excluding hydrogens is 324 g/mol. The highest BCUT2D eigenvalue weighted by Gasteiger charge is 2.38. The number of nitrogens with two attached hydrogens (primary N) is 1. The minimum atomic E-state index is -0.594. The zero-order chi connectivity index (χ0) is 14.8. The fraction of sp³-hybridized carbons (Fsp3) is 0.571. The van der Waals surface area contributed by atoms with Gasteiger partial charge in [0.2, 0.25) is 5.91 Å². The van der Waals surface area contributed by atoms with Crippen LogP contribution in [0.3, 0.4) is 0 Å². The van der Waals surface area contributed by atoms with Gasteiger partial charge < -0.3 is 21.3 Å². The van der Waals surface area contributed by atoms with Crippen molar-refractivity contribution < 1.29 is 9.59 Å². The molecular formula is C14H21ClN4O2S. The summed E-state index contributed by atoms with van der Waals surface area (Å²) in [5.41, 5.74) is 5.22. The van der Waals surface area contributed by atoms with E-state index >= 15 is 0 Å². The third-order valence-corrected chi connectivity index (χ3v) is 5.31. The Morgan fingerprint density at radius 2 is 2.09 bits per heavy atom. The number of halogens is 1. The van der Waals surface area contributed by atoms with E-state index in [0.29, 0.717) is 11.8 Å². The average Bonchev–Trinajstić information content (AvgIpc) is 3.13. The minimum Gasteiger partial charge on any atom is -0.352 e. The number of thiophene rings is 1. The Morgan fingerprint density at radius 1 is 1.41 bits per heavy atom. The number of hydrogen-bond acceptors (Lipinski definition) is 4. The number of fused-ring (bicyclic) bond motifs is 1. The molecule has 8 heteroatoms. The molecule has 0 saturated carbocycles. The maximum atomic E-state index is 12.5. The fourth-order valence-electron chi connectivity index (χ4n) is 3.25. The molecule has 1 aromatic heterocycles. The summed E-state index contributed by atoms with van der Waals surface area (Å²) in [7, 11) is 0. The topological polar surface area (TPSA) is 87.5 Å². The standard InChI is InChI=1S/C14H20N4O2S.ClH/c15-14(20)17-11(12-2-1-3-21-12)4-13(19)18-7-9-5-16-6-10(9)8-18;/h1-3,9-11,16H,4-8H2,(H3,15,17,20);1H/t9-,10+,11?;. The maximum absolute atomic E-state index is 12.5. The van der Waals surface area contributed by atoms with Gasteiger partial charge in [0.05, 0.1) is 12.5 Å². The van der Waals surface area contributed by atoms with Gasteiger partial charge in [-0.05, 0) is 23.3 Å². The molecule has 0 aliphatic carbocycles. The number of nitrogens with zero attached hydrogens (tertiary/aromatic N) is 1. The quantitative estimate of drug-likeness (QED) is 0.760. The van der Waals surface area contributed by atoms with Crippen LogP contribution in [0.15, 0.2) is 17.5 Å². The number of hydrogen-bond donors (Lipinski definition) is 3. The van der Waals surface area contributed by atoms with Crippen molar-refractivity contribution in [1.82, 2.24) is 15.5 Å². The van der Waals surface area contributed by atoms with Crippen LogP contribution in [0.1, 0.15) is 17.3 Å². The lowest BCUT2D eigenvalue weighted by Gasteiger charge is -2.21. The first-order valence-corrected chi connectivity index (χ1v) is 8.09. The summed E-state index contributed by atoms with van der Waals surface area (Å²) in [5, 5.41) is 7.97. The van der Waals surface area contributed by atoms with Crippen LogP contribution in [0.25, 0.3) is 0 Å². The van der Waals surface area contributed by atoms with Crippen LogP contribution >= 0.6 is 23.7 Å². The summed E-state index contributed by atoms with van der Waals surface area (Å²) in [4.78, 5) is 26.5. The summed E-state index contributed by atoms with van der Waals surface area (Å²) in [6.07, 6.45) is 0.274. The van der Waals surface area contributed by atoms with Crippen molar-refractivity contribution in [2.24, 2.45) is 17.6 Å². The molecule has 22 heavy (non-hydrogen) atoms. The van der Waals surface area contributed by atoms with Crippen molar-refractivity contribution in [1.29, 1.82) is 0 Å². The van der Waals surface area contributed by atoms with Gasteiger partial charge in [0, 0.05) is 31.1 Å². The summed E-state index contributed by atoms with van der Waals surface area (Å²) >= 11 is 1.52. The highest BCUT2D eigenvalue weighted by molar-refractivity contribution is 7.10. The molecule has 122 valence electrons. The van der Waals surface area contributed by atoms with E-state index in [2.05, 4.69) is 10.6 Å². The van der Waals surface area contributed by atoms with E-state index in [1.54, 1.807) is 0 Å². The Kier molecular flexibility index (Phi) is 5.66. The number of carbonyl (C=O) groups excluding carboxylic acids is 2. The van der Waals surface area contributed by atoms with Gasteiger partial charge in [-0.25, -0.2) is 4.79 Å². The van der Waals surface area contributed by atoms with Crippen LogP contribution in [-0.4, -0.2) is 43.0 Å². The molecule has 2 aliphatic heterocycles. The molecule has 1 aromatic rings. The van der Waals surface area contributed by atoms with Gasteiger partial charge in [-0.2, -0.15) is 0 Å². The second-order valence-corrected chi connectivity index (χ2v) is 6.74. The summed E-state index contributed by atoms with van der Waals surface area (Å²) in [6.45, 7) is 3.65. The first-order valence-electron chi connectivity index (χ1n) is 7.21. The van der Waals surface area contributed by atoms with E-state index in [1.807, 2.05) is 22.4 Å². The SMILES string of the molecule is Cl.NC(=O)NC(CC(=O)N1C[C@H]2CNC[C@H]2C1)c1cccs1. The predicted octanol–water partition coefficient (Wildman–Crippen LogP) is 0.947. The van der Waals surface area contributed by atoms with Crippen LogP contribution in [-0.2, 0) is 4.79 Å². The molecule has 4 N–H and O–H groups in total. The molecule has 0 bridgehead atoms. The number of carbonyl (C=O) groups is 2. The highest BCUT2D eigenvalue weighted by atomic mass is 35.5. The lowest BCUT2D eigenvalue weighted by Crippen LogP contribution is -2.38. The van der Waals surface area contributed by atoms with E-state index < -0.39 is 6.03 Å². The Hall–Kier alpha value is -1.31. The zero-order valence-corrected chi connectivity index (χ0v) is 13.8. The maximum Gasteiger partial charge on any atom is 0.312 e. The van der Waals surface area contributed by atoms with Crippen molar-refractivity contribution in [2.45, 2.75) is 12.5 Å². The van der Waals surface area contributed by atoms with Crippen LogP contribution < -0.4 is 16.4 Å². The number of primary amides is 1. The molecule has 0 aromatic carbocycles. The molecule has 6 nitrogen and oxygen atoms in total. The Balaban J connectivity index is 0.00000176. The molecule has 3 rings (SSSR count). The number of nitrogens with one attached hydrogen (secondary N) is 2. The number of rotatable bonds is 4. The molecule has 0 spiro atoms. The van der Waals surface area contributed by atoms with Gasteiger partial charge in [-0.3, -0.25) is 4.79 Å². The van der Waals surface area contributed by atoms with Gasteiger partial charge >= 0.3 is 6.03 Å². The summed E-state index contributed by atoms with van der Waals surface area (Å²) < 4.78 is 0. The van der Waals surface area contributed by atoms with Gasteiger partial charge in [-0.15, -0.1) is 23.7 Å². The molecule has 1 unspecified atom stereocenters. The monoisotopic (exact) mass is 344 g/mol. The van der Waals surface area contributed by atoms with Gasteiger partial charge in [-0.1, -0.05) is 6.07 Å². The molecule has 3 amide bonds. The smallest absolute Gasteiger partial charge is 0.312 e. The normalized spacial score (nSPS) is 24.5. The average molecular weight is 345 g/mol. The van der Waals surface area contributed by atoms with Crippen molar-refractivity contribution in [3.63, 3.8) is 0 Å². The third-order valence-electron chi connectivity index (χ3n) is 4.32. The first-order chi connectivity index (χ1) is 10.1. The molecule has 3 atom stereocenters. The second-order valence-electron chi connectivity index (χ2n) is 5.76. The Labute approximate surface area is 139 Å². The van der Waals surface area contributed by atoms with Gasteiger partial charge in [0.15, 0.2) is 0 Å². The number of amides is 3. The Bertz CT molecular complexity index is 513. The van der Waals surface area contributed by atoms with Crippen molar-refractivity contribution >= 4 is 35.7 Å². The minimum absolute atomic E-state index is 0. The molecule has 2 saturated heterocycles. The van der Waals surface area contributed by atoms with E-state index in [-0.39, 0.29) is 30.8 Å². The van der Waals surface area contributed by atoms with Crippen LogP contribution in [0.2, 0.25) is 0 Å². The lowest BCUT2D eigenvalue weighted by atomic mass is 10.0. The highest BCUT2D eigenvalue weighted by Crippen LogP contribution is 2.29.